The zero-order valence-corrected chi connectivity index (χ0v) is 11.6. The highest BCUT2D eigenvalue weighted by Gasteiger charge is 2.03. The zero-order valence-electron chi connectivity index (χ0n) is 11.6. The number of aryl methyl sites for hydroxylation is 2. The van der Waals surface area contributed by atoms with Gasteiger partial charge in [0.25, 0.3) is 0 Å². The summed E-state index contributed by atoms with van der Waals surface area (Å²) in [7, 11) is 0. The van der Waals surface area contributed by atoms with Crippen LogP contribution in [-0.2, 0) is 19.3 Å². The molecule has 1 aromatic carbocycles. The number of para-hydroxylation sites is 1. The fourth-order valence-corrected chi connectivity index (χ4v) is 2.21. The number of nitrogens with zero attached hydrogens (tertiary/aromatic N) is 1. The van der Waals surface area contributed by atoms with Crippen molar-refractivity contribution in [1.82, 2.24) is 4.98 Å². The van der Waals surface area contributed by atoms with Crippen LogP contribution in [-0.4, -0.2) is 10.1 Å². The molecule has 0 unspecified atom stereocenters. The van der Waals surface area contributed by atoms with E-state index in [0.717, 1.165) is 30.5 Å². The molecule has 19 heavy (non-hydrogen) atoms. The third kappa shape index (κ3) is 4.09. The van der Waals surface area contributed by atoms with Gasteiger partial charge in [0.1, 0.15) is 5.75 Å². The van der Waals surface area contributed by atoms with Gasteiger partial charge in [0.2, 0.25) is 0 Å². The lowest BCUT2D eigenvalue weighted by Crippen LogP contribution is -1.99. The number of benzene rings is 1. The minimum absolute atomic E-state index is 0.388. The average molecular weight is 255 g/mol. The molecule has 0 atom stereocenters. The van der Waals surface area contributed by atoms with Gasteiger partial charge < -0.3 is 5.11 Å². The average Bonchev–Trinajstić information content (AvgIpc) is 2.37. The molecule has 2 rings (SSSR count). The van der Waals surface area contributed by atoms with Crippen molar-refractivity contribution in [1.29, 1.82) is 0 Å². The summed E-state index contributed by atoms with van der Waals surface area (Å²) in [6.45, 7) is 4.41. The molecule has 2 aromatic rings. The van der Waals surface area contributed by atoms with E-state index < -0.39 is 0 Å². The highest BCUT2D eigenvalue weighted by Crippen LogP contribution is 2.18. The first-order chi connectivity index (χ1) is 9.15. The fraction of sp³-hybridized carbons (Fsp3) is 0.353. The number of hydrogen-bond acceptors (Lipinski definition) is 2. The van der Waals surface area contributed by atoms with Crippen molar-refractivity contribution in [3.63, 3.8) is 0 Å². The van der Waals surface area contributed by atoms with Gasteiger partial charge in [-0.3, -0.25) is 4.98 Å². The summed E-state index contributed by atoms with van der Waals surface area (Å²) in [4.78, 5) is 4.40. The Hall–Kier alpha value is -1.83. The molecule has 1 heterocycles. The molecule has 0 amide bonds. The third-order valence-corrected chi connectivity index (χ3v) is 3.17. The maximum absolute atomic E-state index is 9.75. The van der Waals surface area contributed by atoms with Crippen LogP contribution in [0.25, 0.3) is 0 Å². The molecule has 0 aliphatic heterocycles. The molecule has 0 saturated heterocycles. The molecule has 0 spiro atoms. The SMILES string of the molecule is CC(C)Cc1cc(CCc2ccccc2O)ccn1. The minimum Gasteiger partial charge on any atom is -0.508 e. The van der Waals surface area contributed by atoms with Crippen LogP contribution in [0.2, 0.25) is 0 Å². The lowest BCUT2D eigenvalue weighted by atomic mass is 10.0. The van der Waals surface area contributed by atoms with Gasteiger partial charge >= 0.3 is 0 Å². The maximum atomic E-state index is 9.75. The summed E-state index contributed by atoms with van der Waals surface area (Å²) in [6, 6.07) is 11.8. The number of aromatic hydroxyl groups is 1. The normalized spacial score (nSPS) is 10.9. The van der Waals surface area contributed by atoms with E-state index in [2.05, 4.69) is 31.0 Å². The number of phenols is 1. The summed E-state index contributed by atoms with van der Waals surface area (Å²) in [5.74, 6) is 1.01. The van der Waals surface area contributed by atoms with Crippen LogP contribution in [0.4, 0.5) is 0 Å². The Labute approximate surface area is 115 Å². The molecular formula is C17H21NO. The van der Waals surface area contributed by atoms with Crippen molar-refractivity contribution in [2.45, 2.75) is 33.1 Å². The van der Waals surface area contributed by atoms with Gasteiger partial charge in [-0.15, -0.1) is 0 Å². The van der Waals surface area contributed by atoms with E-state index in [1.165, 1.54) is 5.56 Å². The third-order valence-electron chi connectivity index (χ3n) is 3.17. The summed E-state index contributed by atoms with van der Waals surface area (Å²) in [5, 5.41) is 9.75. The molecule has 2 heteroatoms. The Balaban J connectivity index is 2.02. The number of phenolic OH excluding ortho intramolecular Hbond substituents is 1. The molecule has 1 N–H and O–H groups in total. The van der Waals surface area contributed by atoms with E-state index in [-0.39, 0.29) is 0 Å². The van der Waals surface area contributed by atoms with Crippen LogP contribution in [0.1, 0.15) is 30.7 Å². The van der Waals surface area contributed by atoms with Gasteiger partial charge in [0.05, 0.1) is 0 Å². The summed E-state index contributed by atoms with van der Waals surface area (Å²) in [6.07, 6.45) is 4.70. The number of rotatable bonds is 5. The summed E-state index contributed by atoms with van der Waals surface area (Å²) >= 11 is 0. The van der Waals surface area contributed by atoms with Crippen LogP contribution < -0.4 is 0 Å². The van der Waals surface area contributed by atoms with E-state index in [9.17, 15) is 5.11 Å². The van der Waals surface area contributed by atoms with Gasteiger partial charge in [-0.25, -0.2) is 0 Å². The molecule has 0 saturated carbocycles. The quantitative estimate of drug-likeness (QED) is 0.882. The van der Waals surface area contributed by atoms with Gasteiger partial charge in [0.15, 0.2) is 0 Å². The Kier molecular flexibility index (Phi) is 4.56. The molecule has 0 aliphatic carbocycles. The van der Waals surface area contributed by atoms with E-state index in [0.29, 0.717) is 11.7 Å². The largest absolute Gasteiger partial charge is 0.508 e. The van der Waals surface area contributed by atoms with Crippen molar-refractivity contribution >= 4 is 0 Å². The molecule has 0 aliphatic rings. The molecular weight excluding hydrogens is 234 g/mol. The predicted octanol–water partition coefficient (Wildman–Crippen LogP) is 3.77. The number of aromatic nitrogens is 1. The second-order valence-electron chi connectivity index (χ2n) is 5.38. The molecule has 2 nitrogen and oxygen atoms in total. The standard InChI is InChI=1S/C17H21NO/c1-13(2)11-16-12-14(9-10-18-16)7-8-15-5-3-4-6-17(15)19/h3-6,9-10,12-13,19H,7-8,11H2,1-2H3. The first kappa shape index (κ1) is 13.6. The zero-order chi connectivity index (χ0) is 13.7. The summed E-state index contributed by atoms with van der Waals surface area (Å²) < 4.78 is 0. The van der Waals surface area contributed by atoms with Crippen LogP contribution in [0.5, 0.6) is 5.75 Å². The number of hydrogen-bond donors (Lipinski definition) is 1. The van der Waals surface area contributed by atoms with Crippen molar-refractivity contribution in [3.05, 3.63) is 59.4 Å². The maximum Gasteiger partial charge on any atom is 0.118 e. The van der Waals surface area contributed by atoms with Gasteiger partial charge in [-0.1, -0.05) is 32.0 Å². The predicted molar refractivity (Wildman–Crippen MR) is 78.3 cm³/mol. The Morgan fingerprint density at radius 3 is 2.63 bits per heavy atom. The lowest BCUT2D eigenvalue weighted by Gasteiger charge is -2.07. The first-order valence-corrected chi connectivity index (χ1v) is 6.86. The Morgan fingerprint density at radius 2 is 1.89 bits per heavy atom. The molecule has 1 aromatic heterocycles. The topological polar surface area (TPSA) is 33.1 Å². The smallest absolute Gasteiger partial charge is 0.118 e. The van der Waals surface area contributed by atoms with Crippen LogP contribution >= 0.6 is 0 Å². The highest BCUT2D eigenvalue weighted by atomic mass is 16.3. The van der Waals surface area contributed by atoms with Crippen molar-refractivity contribution in [3.8, 4) is 5.75 Å². The monoisotopic (exact) mass is 255 g/mol. The van der Waals surface area contributed by atoms with E-state index in [4.69, 9.17) is 0 Å². The van der Waals surface area contributed by atoms with Gasteiger partial charge in [-0.05, 0) is 54.5 Å². The van der Waals surface area contributed by atoms with E-state index in [1.54, 1.807) is 6.07 Å². The molecule has 0 fully saturated rings. The van der Waals surface area contributed by atoms with Gasteiger partial charge in [-0.2, -0.15) is 0 Å². The number of pyridine rings is 1. The van der Waals surface area contributed by atoms with Crippen molar-refractivity contribution in [2.75, 3.05) is 0 Å². The van der Waals surface area contributed by atoms with Gasteiger partial charge in [0, 0.05) is 11.9 Å². The molecule has 0 radical (unpaired) electrons. The second kappa shape index (κ2) is 6.37. The van der Waals surface area contributed by atoms with Crippen LogP contribution in [0.15, 0.2) is 42.6 Å². The van der Waals surface area contributed by atoms with E-state index in [1.807, 2.05) is 24.4 Å². The van der Waals surface area contributed by atoms with Crippen LogP contribution in [0, 0.1) is 5.92 Å². The molecule has 0 bridgehead atoms. The highest BCUT2D eigenvalue weighted by molar-refractivity contribution is 5.32. The molecule has 100 valence electrons. The second-order valence-corrected chi connectivity index (χ2v) is 5.38. The fourth-order valence-electron chi connectivity index (χ4n) is 2.21. The summed E-state index contributed by atoms with van der Waals surface area (Å²) in [5.41, 5.74) is 3.45. The van der Waals surface area contributed by atoms with Crippen LogP contribution in [0.3, 0.4) is 0 Å². The first-order valence-electron chi connectivity index (χ1n) is 6.86. The Bertz CT molecular complexity index is 534. The van der Waals surface area contributed by atoms with E-state index >= 15 is 0 Å². The van der Waals surface area contributed by atoms with Crippen molar-refractivity contribution in [2.24, 2.45) is 5.92 Å². The lowest BCUT2D eigenvalue weighted by molar-refractivity contribution is 0.468. The Morgan fingerprint density at radius 1 is 1.11 bits per heavy atom. The van der Waals surface area contributed by atoms with Crippen molar-refractivity contribution < 1.29 is 5.11 Å². The minimum atomic E-state index is 0.388.